The second kappa shape index (κ2) is 8.16. The molecule has 0 amide bonds. The molecule has 0 aromatic rings. The molecule has 2 saturated carbocycles. The third kappa shape index (κ3) is 4.55. The molecule has 2 fully saturated rings. The Balaban J connectivity index is 1.56. The smallest absolute Gasteiger partial charge is 0.0594 e. The summed E-state index contributed by atoms with van der Waals surface area (Å²) < 4.78 is 5.98. The summed E-state index contributed by atoms with van der Waals surface area (Å²) >= 11 is 0. The van der Waals surface area contributed by atoms with Gasteiger partial charge in [0.1, 0.15) is 0 Å². The van der Waals surface area contributed by atoms with Gasteiger partial charge in [-0.25, -0.2) is 0 Å². The quantitative estimate of drug-likeness (QED) is 0.725. The molecule has 0 aliphatic heterocycles. The fraction of sp³-hybridized carbons (Fsp3) is 1.00. The lowest BCUT2D eigenvalue weighted by Crippen LogP contribution is -2.40. The molecule has 18 heavy (non-hydrogen) atoms. The Labute approximate surface area is 113 Å². The van der Waals surface area contributed by atoms with Crippen molar-refractivity contribution in [2.24, 2.45) is 5.92 Å². The highest BCUT2D eigenvalue weighted by molar-refractivity contribution is 4.80. The Morgan fingerprint density at radius 3 is 2.44 bits per heavy atom. The van der Waals surface area contributed by atoms with E-state index in [9.17, 15) is 0 Å². The first kappa shape index (κ1) is 14.3. The van der Waals surface area contributed by atoms with Crippen LogP contribution in [0.1, 0.15) is 71.1 Å². The average Bonchev–Trinajstić information content (AvgIpc) is 2.45. The summed E-state index contributed by atoms with van der Waals surface area (Å²) in [5.41, 5.74) is 0. The van der Waals surface area contributed by atoms with Crippen LogP contribution in [0, 0.1) is 5.92 Å². The Morgan fingerprint density at radius 2 is 1.67 bits per heavy atom. The third-order valence-corrected chi connectivity index (χ3v) is 4.85. The number of rotatable bonds is 6. The van der Waals surface area contributed by atoms with Crippen molar-refractivity contribution in [2.75, 3.05) is 13.2 Å². The highest BCUT2D eigenvalue weighted by Crippen LogP contribution is 2.26. The van der Waals surface area contributed by atoms with Gasteiger partial charge in [-0.15, -0.1) is 0 Å². The van der Waals surface area contributed by atoms with Crippen LogP contribution in [-0.4, -0.2) is 25.3 Å². The summed E-state index contributed by atoms with van der Waals surface area (Å²) in [5, 5.41) is 3.74. The van der Waals surface area contributed by atoms with Gasteiger partial charge in [-0.05, 0) is 31.6 Å². The van der Waals surface area contributed by atoms with Crippen molar-refractivity contribution < 1.29 is 4.74 Å². The van der Waals surface area contributed by atoms with E-state index in [2.05, 4.69) is 12.2 Å². The van der Waals surface area contributed by atoms with Gasteiger partial charge in [0.25, 0.3) is 0 Å². The molecule has 0 saturated heterocycles. The maximum atomic E-state index is 5.98. The number of ether oxygens (including phenoxy) is 1. The molecule has 2 rings (SSSR count). The number of nitrogens with one attached hydrogen (secondary N) is 1. The molecule has 1 N–H and O–H groups in total. The average molecular weight is 253 g/mol. The first-order valence-corrected chi connectivity index (χ1v) is 8.25. The van der Waals surface area contributed by atoms with Gasteiger partial charge in [-0.2, -0.15) is 0 Å². The first-order valence-electron chi connectivity index (χ1n) is 8.25. The van der Waals surface area contributed by atoms with E-state index in [-0.39, 0.29) is 0 Å². The largest absolute Gasteiger partial charge is 0.377 e. The lowest BCUT2D eigenvalue weighted by molar-refractivity contribution is 0.0279. The van der Waals surface area contributed by atoms with Crippen molar-refractivity contribution in [3.63, 3.8) is 0 Å². The summed E-state index contributed by atoms with van der Waals surface area (Å²) in [6.45, 7) is 4.30. The molecular formula is C16H31NO. The van der Waals surface area contributed by atoms with Crippen LogP contribution in [0.4, 0.5) is 0 Å². The molecule has 2 aliphatic rings. The standard InChI is InChI=1S/C16H31NO/c1-2-14-8-6-7-11-16(14)17-12-13-18-15-9-4-3-5-10-15/h14-17H,2-13H2,1H3. The summed E-state index contributed by atoms with van der Waals surface area (Å²) in [6.07, 6.45) is 14.3. The van der Waals surface area contributed by atoms with Crippen LogP contribution in [-0.2, 0) is 4.74 Å². The predicted octanol–water partition coefficient (Wildman–Crippen LogP) is 3.89. The second-order valence-electron chi connectivity index (χ2n) is 6.14. The van der Waals surface area contributed by atoms with Crippen molar-refractivity contribution in [3.05, 3.63) is 0 Å². The molecule has 2 unspecified atom stereocenters. The minimum Gasteiger partial charge on any atom is -0.377 e. The number of hydrogen-bond donors (Lipinski definition) is 1. The normalized spacial score (nSPS) is 30.5. The molecular weight excluding hydrogens is 222 g/mol. The zero-order valence-corrected chi connectivity index (χ0v) is 12.1. The second-order valence-corrected chi connectivity index (χ2v) is 6.14. The maximum Gasteiger partial charge on any atom is 0.0594 e. The SMILES string of the molecule is CCC1CCCCC1NCCOC1CCCCC1. The van der Waals surface area contributed by atoms with Gasteiger partial charge < -0.3 is 10.1 Å². The third-order valence-electron chi connectivity index (χ3n) is 4.85. The van der Waals surface area contributed by atoms with Gasteiger partial charge in [0, 0.05) is 12.6 Å². The van der Waals surface area contributed by atoms with Gasteiger partial charge in [0.15, 0.2) is 0 Å². The summed E-state index contributed by atoms with van der Waals surface area (Å²) in [5.74, 6) is 0.911. The molecule has 0 heterocycles. The van der Waals surface area contributed by atoms with Crippen LogP contribution in [0.2, 0.25) is 0 Å². The molecule has 2 nitrogen and oxygen atoms in total. The summed E-state index contributed by atoms with van der Waals surface area (Å²) in [6, 6.07) is 0.763. The zero-order chi connectivity index (χ0) is 12.6. The Bertz CT molecular complexity index is 213. The Hall–Kier alpha value is -0.0800. The molecule has 0 radical (unpaired) electrons. The predicted molar refractivity (Wildman–Crippen MR) is 76.9 cm³/mol. The zero-order valence-electron chi connectivity index (χ0n) is 12.1. The lowest BCUT2D eigenvalue weighted by atomic mass is 9.83. The highest BCUT2D eigenvalue weighted by atomic mass is 16.5. The van der Waals surface area contributed by atoms with Crippen molar-refractivity contribution in [2.45, 2.75) is 83.3 Å². The van der Waals surface area contributed by atoms with Crippen LogP contribution in [0.25, 0.3) is 0 Å². The minimum atomic E-state index is 0.564. The fourth-order valence-corrected chi connectivity index (χ4v) is 3.67. The maximum absolute atomic E-state index is 5.98. The van der Waals surface area contributed by atoms with Gasteiger partial charge >= 0.3 is 0 Å². The van der Waals surface area contributed by atoms with Gasteiger partial charge in [-0.3, -0.25) is 0 Å². The van der Waals surface area contributed by atoms with E-state index in [1.165, 1.54) is 64.2 Å². The van der Waals surface area contributed by atoms with Crippen LogP contribution >= 0.6 is 0 Å². The van der Waals surface area contributed by atoms with Crippen molar-refractivity contribution in [1.29, 1.82) is 0 Å². The Morgan fingerprint density at radius 1 is 0.944 bits per heavy atom. The Kier molecular flexibility index (Phi) is 6.50. The van der Waals surface area contributed by atoms with Crippen molar-refractivity contribution in [3.8, 4) is 0 Å². The van der Waals surface area contributed by atoms with Gasteiger partial charge in [0.05, 0.1) is 12.7 Å². The molecule has 2 heteroatoms. The van der Waals surface area contributed by atoms with E-state index < -0.39 is 0 Å². The molecule has 0 bridgehead atoms. The van der Waals surface area contributed by atoms with Gasteiger partial charge in [0.2, 0.25) is 0 Å². The lowest BCUT2D eigenvalue weighted by Gasteiger charge is -2.32. The molecule has 106 valence electrons. The van der Waals surface area contributed by atoms with Crippen molar-refractivity contribution in [1.82, 2.24) is 5.32 Å². The van der Waals surface area contributed by atoms with E-state index >= 15 is 0 Å². The first-order chi connectivity index (χ1) is 8.90. The summed E-state index contributed by atoms with van der Waals surface area (Å²) in [7, 11) is 0. The van der Waals surface area contributed by atoms with E-state index in [1.807, 2.05) is 0 Å². The van der Waals surface area contributed by atoms with Crippen LogP contribution in [0.5, 0.6) is 0 Å². The monoisotopic (exact) mass is 253 g/mol. The molecule has 0 spiro atoms. The molecule has 0 aromatic carbocycles. The van der Waals surface area contributed by atoms with Crippen LogP contribution in [0.15, 0.2) is 0 Å². The summed E-state index contributed by atoms with van der Waals surface area (Å²) in [4.78, 5) is 0. The van der Waals surface area contributed by atoms with E-state index in [0.29, 0.717) is 6.10 Å². The van der Waals surface area contributed by atoms with Crippen LogP contribution in [0.3, 0.4) is 0 Å². The molecule has 2 aliphatic carbocycles. The molecule has 2 atom stereocenters. The van der Waals surface area contributed by atoms with E-state index in [0.717, 1.165) is 25.1 Å². The fourth-order valence-electron chi connectivity index (χ4n) is 3.67. The van der Waals surface area contributed by atoms with Crippen LogP contribution < -0.4 is 5.32 Å². The minimum absolute atomic E-state index is 0.564. The molecule has 0 aromatic heterocycles. The topological polar surface area (TPSA) is 21.3 Å². The van der Waals surface area contributed by atoms with Gasteiger partial charge in [-0.1, -0.05) is 45.4 Å². The van der Waals surface area contributed by atoms with E-state index in [1.54, 1.807) is 0 Å². The highest BCUT2D eigenvalue weighted by Gasteiger charge is 2.22. The van der Waals surface area contributed by atoms with Crippen molar-refractivity contribution >= 4 is 0 Å². The number of hydrogen-bond acceptors (Lipinski definition) is 2. The van der Waals surface area contributed by atoms with E-state index in [4.69, 9.17) is 4.74 Å².